The van der Waals surface area contributed by atoms with Crippen LogP contribution in [-0.2, 0) is 0 Å². The molecule has 4 N–H and O–H groups in total. The zero-order valence-corrected chi connectivity index (χ0v) is 8.45. The maximum Gasteiger partial charge on any atom is 0.290 e. The number of nitrogens with one attached hydrogen (secondary N) is 2. The molecule has 5 nitrogen and oxygen atoms in total. The van der Waals surface area contributed by atoms with Crippen LogP contribution in [-0.4, -0.2) is 22.6 Å². The van der Waals surface area contributed by atoms with Crippen molar-refractivity contribution in [2.75, 3.05) is 11.9 Å². The van der Waals surface area contributed by atoms with Crippen LogP contribution in [0.5, 0.6) is 0 Å². The van der Waals surface area contributed by atoms with Gasteiger partial charge in [0.2, 0.25) is 0 Å². The van der Waals surface area contributed by atoms with Crippen LogP contribution in [0.15, 0.2) is 17.2 Å². The molecule has 0 amide bonds. The number of hydrogen-bond donors (Lipinski definition) is 3. The van der Waals surface area contributed by atoms with Gasteiger partial charge in [-0.3, -0.25) is 4.79 Å². The normalized spacial score (nSPS) is 14.8. The summed E-state index contributed by atoms with van der Waals surface area (Å²) >= 11 is 0. The fourth-order valence-electron chi connectivity index (χ4n) is 1.02. The summed E-state index contributed by atoms with van der Waals surface area (Å²) in [4.78, 5) is 17.7. The summed E-state index contributed by atoms with van der Waals surface area (Å²) in [5.41, 5.74) is 5.31. The van der Waals surface area contributed by atoms with Gasteiger partial charge in [-0.15, -0.1) is 0 Å². The Kier molecular flexibility index (Phi) is 3.64. The Hall–Kier alpha value is -1.36. The minimum atomic E-state index is -0.205. The predicted molar refractivity (Wildman–Crippen MR) is 56.2 cm³/mol. The van der Waals surface area contributed by atoms with Crippen molar-refractivity contribution in [3.63, 3.8) is 0 Å². The Morgan fingerprint density at radius 2 is 2.36 bits per heavy atom. The first-order chi connectivity index (χ1) is 6.65. The van der Waals surface area contributed by atoms with Crippen LogP contribution < -0.4 is 16.6 Å². The fourth-order valence-corrected chi connectivity index (χ4v) is 1.02. The second-order valence-corrected chi connectivity index (χ2v) is 3.41. The number of nitrogens with two attached hydrogens (primary N) is 1. The van der Waals surface area contributed by atoms with Crippen molar-refractivity contribution in [3.05, 3.63) is 22.7 Å². The smallest absolute Gasteiger partial charge is 0.290 e. The van der Waals surface area contributed by atoms with E-state index in [9.17, 15) is 4.79 Å². The lowest BCUT2D eigenvalue weighted by molar-refractivity contribution is 0.519. The summed E-state index contributed by atoms with van der Waals surface area (Å²) in [6, 6.07) is 0.135. The molecule has 0 aliphatic carbocycles. The van der Waals surface area contributed by atoms with Crippen molar-refractivity contribution in [3.8, 4) is 0 Å². The molecule has 1 heterocycles. The highest BCUT2D eigenvalue weighted by Gasteiger charge is 2.11. The van der Waals surface area contributed by atoms with E-state index in [4.69, 9.17) is 5.73 Å². The summed E-state index contributed by atoms with van der Waals surface area (Å²) < 4.78 is 0. The number of aromatic nitrogens is 2. The lowest BCUT2D eigenvalue weighted by Gasteiger charge is -2.19. The first-order valence-corrected chi connectivity index (χ1v) is 4.65. The Morgan fingerprint density at radius 3 is 2.93 bits per heavy atom. The van der Waals surface area contributed by atoms with Crippen LogP contribution in [0.1, 0.15) is 13.8 Å². The summed E-state index contributed by atoms with van der Waals surface area (Å²) in [6.45, 7) is 4.58. The molecule has 0 saturated carbocycles. The maximum absolute atomic E-state index is 11.3. The minimum Gasteiger partial charge on any atom is -0.363 e. The average molecular weight is 196 g/mol. The molecule has 1 rings (SSSR count). The van der Waals surface area contributed by atoms with E-state index in [-0.39, 0.29) is 11.6 Å². The lowest BCUT2D eigenvalue weighted by Crippen LogP contribution is -2.32. The third-order valence-corrected chi connectivity index (χ3v) is 2.30. The van der Waals surface area contributed by atoms with Gasteiger partial charge in [0.25, 0.3) is 5.56 Å². The molecule has 14 heavy (non-hydrogen) atoms. The number of aromatic amines is 1. The maximum atomic E-state index is 11.3. The zero-order valence-electron chi connectivity index (χ0n) is 8.45. The van der Waals surface area contributed by atoms with Gasteiger partial charge in [0.1, 0.15) is 0 Å². The predicted octanol–water partition coefficient (Wildman–Crippen LogP) is 0.165. The molecular weight excluding hydrogens is 180 g/mol. The molecule has 0 saturated heterocycles. The Morgan fingerprint density at radius 1 is 1.64 bits per heavy atom. The molecule has 2 unspecified atom stereocenters. The highest BCUT2D eigenvalue weighted by Crippen LogP contribution is 2.04. The first kappa shape index (κ1) is 10.7. The zero-order chi connectivity index (χ0) is 10.6. The van der Waals surface area contributed by atoms with Crippen LogP contribution >= 0.6 is 0 Å². The Labute approximate surface area is 82.7 Å². The third-order valence-electron chi connectivity index (χ3n) is 2.30. The van der Waals surface area contributed by atoms with E-state index in [1.165, 1.54) is 6.20 Å². The van der Waals surface area contributed by atoms with Gasteiger partial charge in [-0.05, 0) is 19.4 Å². The van der Waals surface area contributed by atoms with Crippen LogP contribution in [0.2, 0.25) is 0 Å². The largest absolute Gasteiger partial charge is 0.363 e. The number of anilines is 1. The average Bonchev–Trinajstić information content (AvgIpc) is 2.20. The standard InChI is InChI=1S/C9H16N4O/c1-6(5-10)7(2)13-8-9(14)12-4-3-11-8/h3-4,6-7H,5,10H2,1-2H3,(H,11,13)(H,12,14). The van der Waals surface area contributed by atoms with E-state index in [0.717, 1.165) is 0 Å². The highest BCUT2D eigenvalue weighted by molar-refractivity contribution is 5.31. The monoisotopic (exact) mass is 196 g/mol. The quantitative estimate of drug-likeness (QED) is 0.640. The summed E-state index contributed by atoms with van der Waals surface area (Å²) in [5, 5.41) is 3.03. The van der Waals surface area contributed by atoms with Crippen LogP contribution in [0.3, 0.4) is 0 Å². The first-order valence-electron chi connectivity index (χ1n) is 4.65. The SMILES string of the molecule is CC(CN)C(C)Nc1ncc[nH]c1=O. The van der Waals surface area contributed by atoms with Gasteiger partial charge in [-0.1, -0.05) is 6.92 Å². The van der Waals surface area contributed by atoms with Gasteiger partial charge in [-0.2, -0.15) is 0 Å². The highest BCUT2D eigenvalue weighted by atomic mass is 16.1. The third kappa shape index (κ3) is 2.56. The molecule has 0 spiro atoms. The van der Waals surface area contributed by atoms with E-state index >= 15 is 0 Å². The van der Waals surface area contributed by atoms with Crippen LogP contribution in [0, 0.1) is 5.92 Å². The molecule has 0 bridgehead atoms. The Balaban J connectivity index is 2.69. The van der Waals surface area contributed by atoms with Crippen molar-refractivity contribution in [2.45, 2.75) is 19.9 Å². The minimum absolute atomic E-state index is 0.135. The van der Waals surface area contributed by atoms with Gasteiger partial charge in [0.05, 0.1) is 0 Å². The van der Waals surface area contributed by atoms with Gasteiger partial charge < -0.3 is 16.0 Å². The topological polar surface area (TPSA) is 83.8 Å². The van der Waals surface area contributed by atoms with E-state index in [0.29, 0.717) is 18.3 Å². The number of hydrogen-bond acceptors (Lipinski definition) is 4. The summed E-state index contributed by atoms with van der Waals surface area (Å²) in [7, 11) is 0. The molecule has 0 radical (unpaired) electrons. The molecule has 1 aromatic heterocycles. The van der Waals surface area contributed by atoms with Crippen molar-refractivity contribution < 1.29 is 0 Å². The Bertz CT molecular complexity index is 336. The molecule has 0 aromatic carbocycles. The van der Waals surface area contributed by atoms with Crippen molar-refractivity contribution >= 4 is 5.82 Å². The van der Waals surface area contributed by atoms with Crippen LogP contribution in [0.25, 0.3) is 0 Å². The van der Waals surface area contributed by atoms with Crippen LogP contribution in [0.4, 0.5) is 5.82 Å². The number of nitrogens with zero attached hydrogens (tertiary/aromatic N) is 1. The second kappa shape index (κ2) is 4.76. The van der Waals surface area contributed by atoms with Gasteiger partial charge in [0.15, 0.2) is 5.82 Å². The summed E-state index contributed by atoms with van der Waals surface area (Å²) in [6.07, 6.45) is 3.05. The van der Waals surface area contributed by atoms with Crippen molar-refractivity contribution in [2.24, 2.45) is 11.7 Å². The van der Waals surface area contributed by atoms with E-state index in [1.54, 1.807) is 6.20 Å². The fraction of sp³-hybridized carbons (Fsp3) is 0.556. The van der Waals surface area contributed by atoms with E-state index in [2.05, 4.69) is 15.3 Å². The number of H-pyrrole nitrogens is 1. The summed E-state index contributed by atoms with van der Waals surface area (Å²) in [5.74, 6) is 0.650. The molecule has 0 aliphatic rings. The second-order valence-electron chi connectivity index (χ2n) is 3.41. The molecule has 5 heteroatoms. The molecule has 78 valence electrons. The van der Waals surface area contributed by atoms with Gasteiger partial charge >= 0.3 is 0 Å². The van der Waals surface area contributed by atoms with Gasteiger partial charge in [-0.25, -0.2) is 4.98 Å². The molecule has 0 fully saturated rings. The van der Waals surface area contributed by atoms with Crippen molar-refractivity contribution in [1.29, 1.82) is 0 Å². The van der Waals surface area contributed by atoms with E-state index in [1.807, 2.05) is 13.8 Å². The van der Waals surface area contributed by atoms with E-state index < -0.39 is 0 Å². The molecule has 1 aromatic rings. The molecular formula is C9H16N4O. The number of rotatable bonds is 4. The molecule has 0 aliphatic heterocycles. The lowest BCUT2D eigenvalue weighted by atomic mass is 10.0. The molecule has 2 atom stereocenters. The van der Waals surface area contributed by atoms with Gasteiger partial charge in [0, 0.05) is 18.4 Å². The van der Waals surface area contributed by atoms with Crippen molar-refractivity contribution in [1.82, 2.24) is 9.97 Å².